The summed E-state index contributed by atoms with van der Waals surface area (Å²) >= 11 is 0. The first kappa shape index (κ1) is 15.4. The maximum atomic E-state index is 13.2. The van der Waals surface area contributed by atoms with Crippen LogP contribution >= 0.6 is 0 Å². The van der Waals surface area contributed by atoms with Gasteiger partial charge in [-0.3, -0.25) is 4.79 Å². The lowest BCUT2D eigenvalue weighted by atomic mass is 9.54. The summed E-state index contributed by atoms with van der Waals surface area (Å²) in [6, 6.07) is 2.00. The summed E-state index contributed by atoms with van der Waals surface area (Å²) in [6.07, 6.45) is 7.82. The number of hydrogen-bond acceptors (Lipinski definition) is 3. The highest BCUT2D eigenvalue weighted by Gasteiger charge is 2.58. The van der Waals surface area contributed by atoms with Crippen molar-refractivity contribution in [3.8, 4) is 6.07 Å². The van der Waals surface area contributed by atoms with Gasteiger partial charge in [0.2, 0.25) is 5.91 Å². The molecule has 0 aromatic carbocycles. The van der Waals surface area contributed by atoms with Crippen molar-refractivity contribution in [2.24, 2.45) is 34.8 Å². The number of fused-ring (bicyclic) bond motifs is 3. The zero-order valence-corrected chi connectivity index (χ0v) is 14.4. The van der Waals surface area contributed by atoms with Crippen molar-refractivity contribution < 1.29 is 4.79 Å². The molecular formula is C19H29N3O. The average Bonchev–Trinajstić information content (AvgIpc) is 3.14. The summed E-state index contributed by atoms with van der Waals surface area (Å²) < 4.78 is 0. The fraction of sp³-hybridized carbons (Fsp3) is 0.895. The molecule has 4 fully saturated rings. The molecule has 3 unspecified atom stereocenters. The Bertz CT molecular complexity index is 534. The van der Waals surface area contributed by atoms with Gasteiger partial charge in [-0.2, -0.15) is 5.26 Å². The van der Waals surface area contributed by atoms with Crippen LogP contribution < -0.4 is 5.73 Å². The summed E-state index contributed by atoms with van der Waals surface area (Å²) in [5.74, 6) is 2.71. The van der Waals surface area contributed by atoms with Crippen LogP contribution in [0.25, 0.3) is 0 Å². The normalized spacial score (nSPS) is 49.2. The van der Waals surface area contributed by atoms with Gasteiger partial charge in [0.15, 0.2) is 0 Å². The highest BCUT2D eigenvalue weighted by molar-refractivity contribution is 5.84. The fourth-order valence-corrected chi connectivity index (χ4v) is 6.47. The minimum absolute atomic E-state index is 0.0237. The van der Waals surface area contributed by atoms with E-state index in [9.17, 15) is 10.1 Å². The van der Waals surface area contributed by atoms with E-state index >= 15 is 0 Å². The van der Waals surface area contributed by atoms with Crippen LogP contribution in [-0.2, 0) is 4.79 Å². The first-order valence-corrected chi connectivity index (χ1v) is 9.41. The predicted octanol–water partition coefficient (Wildman–Crippen LogP) is 2.68. The zero-order chi connectivity index (χ0) is 16.4. The van der Waals surface area contributed by atoms with Crippen molar-refractivity contribution in [3.63, 3.8) is 0 Å². The largest absolute Gasteiger partial charge is 0.322 e. The molecule has 1 heterocycles. The quantitative estimate of drug-likeness (QED) is 0.851. The van der Waals surface area contributed by atoms with Gasteiger partial charge in [-0.15, -0.1) is 0 Å². The van der Waals surface area contributed by atoms with E-state index < -0.39 is 6.04 Å². The van der Waals surface area contributed by atoms with Crippen LogP contribution in [0, 0.1) is 40.4 Å². The lowest BCUT2D eigenvalue weighted by molar-refractivity contribution is -0.140. The van der Waals surface area contributed by atoms with Crippen LogP contribution in [0.5, 0.6) is 0 Å². The summed E-state index contributed by atoms with van der Waals surface area (Å²) in [5.41, 5.74) is 6.61. The lowest BCUT2D eigenvalue weighted by Gasteiger charge is -2.52. The van der Waals surface area contributed by atoms with Crippen molar-refractivity contribution >= 4 is 5.91 Å². The Morgan fingerprint density at radius 2 is 1.83 bits per heavy atom. The molecule has 0 aromatic rings. The molecule has 1 aliphatic heterocycles. The summed E-state index contributed by atoms with van der Waals surface area (Å²) in [5, 5.41) is 9.39. The Hall–Kier alpha value is -1.08. The van der Waals surface area contributed by atoms with Crippen LogP contribution in [0.3, 0.4) is 0 Å². The third-order valence-electron chi connectivity index (χ3n) is 7.11. The predicted molar refractivity (Wildman–Crippen MR) is 88.1 cm³/mol. The molecule has 126 valence electrons. The molecule has 3 saturated carbocycles. The Labute approximate surface area is 139 Å². The minimum atomic E-state index is -0.411. The van der Waals surface area contributed by atoms with Gasteiger partial charge >= 0.3 is 0 Å². The highest BCUT2D eigenvalue weighted by atomic mass is 16.2. The molecule has 2 N–H and O–H groups in total. The topological polar surface area (TPSA) is 70.1 Å². The van der Waals surface area contributed by atoms with Crippen molar-refractivity contribution in [3.05, 3.63) is 0 Å². The van der Waals surface area contributed by atoms with E-state index in [1.807, 2.05) is 4.90 Å². The third kappa shape index (κ3) is 2.39. The molecular weight excluding hydrogens is 286 g/mol. The standard InChI is InChI=1S/C19H29N3O/c1-11-3-13-4-12(2)8-19(7-11,9-13)17(21)18(23)22-15(10-20)5-14-6-16(14)22/h11-17H,3-9,21H2,1-2H3/t11?,12?,13?,14-,15+,16+,17?,19?/m1/s1. The third-order valence-corrected chi connectivity index (χ3v) is 7.11. The molecule has 1 saturated heterocycles. The molecule has 3 aliphatic carbocycles. The van der Waals surface area contributed by atoms with E-state index in [2.05, 4.69) is 19.9 Å². The second-order valence-electron chi connectivity index (χ2n) is 9.19. The number of nitrogens with zero attached hydrogens (tertiary/aromatic N) is 2. The van der Waals surface area contributed by atoms with Crippen LogP contribution in [0.15, 0.2) is 0 Å². The number of nitriles is 1. The number of amides is 1. The molecule has 2 bridgehead atoms. The van der Waals surface area contributed by atoms with Crippen molar-refractivity contribution in [1.29, 1.82) is 5.26 Å². The first-order chi connectivity index (χ1) is 10.9. The lowest BCUT2D eigenvalue weighted by Crippen LogP contribution is -2.58. The van der Waals surface area contributed by atoms with E-state index in [4.69, 9.17) is 5.73 Å². The molecule has 6 atom stereocenters. The first-order valence-electron chi connectivity index (χ1n) is 9.41. The number of carbonyl (C=O) groups is 1. The Morgan fingerprint density at radius 1 is 1.17 bits per heavy atom. The van der Waals surface area contributed by atoms with E-state index in [0.717, 1.165) is 38.0 Å². The van der Waals surface area contributed by atoms with E-state index in [1.54, 1.807) is 0 Å². The van der Waals surface area contributed by atoms with E-state index in [-0.39, 0.29) is 17.4 Å². The van der Waals surface area contributed by atoms with Crippen LogP contribution in [-0.4, -0.2) is 28.9 Å². The maximum Gasteiger partial charge on any atom is 0.241 e. The molecule has 1 amide bonds. The zero-order valence-electron chi connectivity index (χ0n) is 14.4. The van der Waals surface area contributed by atoms with Gasteiger partial charge in [0.25, 0.3) is 0 Å². The molecule has 23 heavy (non-hydrogen) atoms. The van der Waals surface area contributed by atoms with Gasteiger partial charge in [-0.1, -0.05) is 13.8 Å². The molecule has 4 nitrogen and oxygen atoms in total. The minimum Gasteiger partial charge on any atom is -0.322 e. The van der Waals surface area contributed by atoms with E-state index in [0.29, 0.717) is 23.8 Å². The number of piperidine rings is 1. The summed E-state index contributed by atoms with van der Waals surface area (Å²) in [6.45, 7) is 4.64. The summed E-state index contributed by atoms with van der Waals surface area (Å²) in [7, 11) is 0. The van der Waals surface area contributed by atoms with Gasteiger partial charge in [-0.25, -0.2) is 0 Å². The van der Waals surface area contributed by atoms with Gasteiger partial charge in [0.1, 0.15) is 6.04 Å². The molecule has 4 heteroatoms. The van der Waals surface area contributed by atoms with Crippen molar-refractivity contribution in [2.75, 3.05) is 0 Å². The smallest absolute Gasteiger partial charge is 0.241 e. The number of nitrogens with two attached hydrogens (primary N) is 1. The van der Waals surface area contributed by atoms with Gasteiger partial charge in [-0.05, 0) is 74.0 Å². The van der Waals surface area contributed by atoms with Crippen molar-refractivity contribution in [1.82, 2.24) is 4.90 Å². The Kier molecular flexibility index (Phi) is 3.50. The van der Waals surface area contributed by atoms with Gasteiger partial charge in [0, 0.05) is 6.04 Å². The number of carbonyl (C=O) groups excluding carboxylic acids is 1. The SMILES string of the molecule is CC1CC2CC(C)CC(C(N)C(=O)N3[C@H](C#N)C[C@@H]4C[C@@H]43)(C1)C2. The number of rotatable bonds is 2. The van der Waals surface area contributed by atoms with Crippen molar-refractivity contribution in [2.45, 2.75) is 76.9 Å². The second kappa shape index (κ2) is 5.21. The molecule has 4 rings (SSSR count). The molecule has 0 spiro atoms. The van der Waals surface area contributed by atoms with Gasteiger partial charge in [0.05, 0.1) is 12.1 Å². The number of hydrogen-bond donors (Lipinski definition) is 1. The Balaban J connectivity index is 1.58. The maximum absolute atomic E-state index is 13.2. The van der Waals surface area contributed by atoms with E-state index in [1.165, 1.54) is 12.8 Å². The monoisotopic (exact) mass is 315 g/mol. The van der Waals surface area contributed by atoms with Crippen LogP contribution in [0.1, 0.15) is 58.8 Å². The second-order valence-corrected chi connectivity index (χ2v) is 9.19. The number of likely N-dealkylation sites (tertiary alicyclic amines) is 1. The van der Waals surface area contributed by atoms with Gasteiger partial charge < -0.3 is 10.6 Å². The fourth-order valence-electron chi connectivity index (χ4n) is 6.47. The van der Waals surface area contributed by atoms with Crippen LogP contribution in [0.2, 0.25) is 0 Å². The van der Waals surface area contributed by atoms with Crippen LogP contribution in [0.4, 0.5) is 0 Å². The Morgan fingerprint density at radius 3 is 2.43 bits per heavy atom. The molecule has 0 aromatic heterocycles. The molecule has 4 aliphatic rings. The molecule has 0 radical (unpaired) electrons. The summed E-state index contributed by atoms with van der Waals surface area (Å²) in [4.78, 5) is 15.1. The average molecular weight is 315 g/mol. The highest BCUT2D eigenvalue weighted by Crippen LogP contribution is 2.55.